The van der Waals surface area contributed by atoms with Crippen LogP contribution in [0.3, 0.4) is 0 Å². The van der Waals surface area contributed by atoms with Crippen molar-refractivity contribution in [2.45, 2.75) is 26.7 Å². The molecule has 0 atom stereocenters. The van der Waals surface area contributed by atoms with Crippen LogP contribution in [0.5, 0.6) is 0 Å². The van der Waals surface area contributed by atoms with E-state index in [-0.39, 0.29) is 13.2 Å². The van der Waals surface area contributed by atoms with Gasteiger partial charge in [0.25, 0.3) is 5.92 Å². The summed E-state index contributed by atoms with van der Waals surface area (Å²) in [5.41, 5.74) is -0.943. The predicted octanol–water partition coefficient (Wildman–Crippen LogP) is 2.31. The molecule has 0 bridgehead atoms. The Morgan fingerprint density at radius 1 is 1.18 bits per heavy atom. The van der Waals surface area contributed by atoms with E-state index in [0.717, 1.165) is 0 Å². The standard InChI is InChI=1S/C8H14F2O/c1-7(2,3)8(9,10)6-4-11-5-6/h6H,4-5H2,1-3H3. The molecule has 1 aliphatic rings. The van der Waals surface area contributed by atoms with Gasteiger partial charge in [0.05, 0.1) is 19.1 Å². The smallest absolute Gasteiger partial charge is 0.260 e. The Morgan fingerprint density at radius 3 is 1.73 bits per heavy atom. The largest absolute Gasteiger partial charge is 0.380 e. The number of hydrogen-bond acceptors (Lipinski definition) is 1. The first-order valence-corrected chi connectivity index (χ1v) is 3.81. The van der Waals surface area contributed by atoms with Gasteiger partial charge in [-0.1, -0.05) is 20.8 Å². The summed E-state index contributed by atoms with van der Waals surface area (Å²) in [6.07, 6.45) is 0. The third kappa shape index (κ3) is 1.39. The molecule has 1 heterocycles. The molecule has 1 aliphatic heterocycles. The lowest BCUT2D eigenvalue weighted by atomic mass is 9.79. The summed E-state index contributed by atoms with van der Waals surface area (Å²) in [5.74, 6) is -3.16. The van der Waals surface area contributed by atoms with Gasteiger partial charge in [0.15, 0.2) is 0 Å². The predicted molar refractivity (Wildman–Crippen MR) is 38.7 cm³/mol. The fraction of sp³-hybridized carbons (Fsp3) is 1.00. The van der Waals surface area contributed by atoms with Crippen LogP contribution in [0.2, 0.25) is 0 Å². The Morgan fingerprint density at radius 2 is 1.64 bits per heavy atom. The zero-order valence-electron chi connectivity index (χ0n) is 7.16. The van der Waals surface area contributed by atoms with E-state index in [1.54, 1.807) is 20.8 Å². The fourth-order valence-electron chi connectivity index (χ4n) is 1.06. The van der Waals surface area contributed by atoms with Crippen LogP contribution in [0.15, 0.2) is 0 Å². The first-order chi connectivity index (χ1) is 4.86. The van der Waals surface area contributed by atoms with E-state index in [2.05, 4.69) is 0 Å². The van der Waals surface area contributed by atoms with E-state index >= 15 is 0 Å². The van der Waals surface area contributed by atoms with Crippen LogP contribution in [-0.2, 0) is 4.74 Å². The van der Waals surface area contributed by atoms with E-state index in [4.69, 9.17) is 4.74 Å². The summed E-state index contributed by atoms with van der Waals surface area (Å²) in [5, 5.41) is 0. The molecule has 0 amide bonds. The van der Waals surface area contributed by atoms with Crippen LogP contribution in [-0.4, -0.2) is 19.1 Å². The van der Waals surface area contributed by atoms with Crippen LogP contribution >= 0.6 is 0 Å². The van der Waals surface area contributed by atoms with Crippen LogP contribution in [0, 0.1) is 11.3 Å². The minimum atomic E-state index is -2.59. The molecule has 1 fully saturated rings. The van der Waals surface area contributed by atoms with Crippen molar-refractivity contribution in [1.29, 1.82) is 0 Å². The summed E-state index contributed by atoms with van der Waals surface area (Å²) in [4.78, 5) is 0. The van der Waals surface area contributed by atoms with Gasteiger partial charge in [-0.25, -0.2) is 8.78 Å². The minimum absolute atomic E-state index is 0.213. The number of halogens is 2. The zero-order chi connectivity index (χ0) is 8.70. The molecule has 0 spiro atoms. The van der Waals surface area contributed by atoms with Crippen molar-refractivity contribution in [3.05, 3.63) is 0 Å². The molecule has 0 aromatic heterocycles. The van der Waals surface area contributed by atoms with Gasteiger partial charge < -0.3 is 4.74 Å². The van der Waals surface area contributed by atoms with E-state index in [1.807, 2.05) is 0 Å². The molecular formula is C8H14F2O. The Hall–Kier alpha value is -0.180. The van der Waals surface area contributed by atoms with Gasteiger partial charge in [0.2, 0.25) is 0 Å². The summed E-state index contributed by atoms with van der Waals surface area (Å²) in [7, 11) is 0. The molecule has 0 aromatic carbocycles. The molecule has 0 unspecified atom stereocenters. The molecule has 66 valence electrons. The number of ether oxygens (including phenoxy) is 1. The van der Waals surface area contributed by atoms with Crippen molar-refractivity contribution in [2.75, 3.05) is 13.2 Å². The van der Waals surface area contributed by atoms with Crippen LogP contribution < -0.4 is 0 Å². The molecule has 0 aliphatic carbocycles. The van der Waals surface area contributed by atoms with Gasteiger partial charge in [0.1, 0.15) is 0 Å². The Kier molecular flexibility index (Phi) is 1.95. The Labute approximate surface area is 65.7 Å². The van der Waals surface area contributed by atoms with Gasteiger partial charge in [-0.15, -0.1) is 0 Å². The second-order valence-corrected chi connectivity index (χ2v) is 4.11. The molecule has 1 rings (SSSR count). The molecule has 0 N–H and O–H groups in total. The summed E-state index contributed by atoms with van der Waals surface area (Å²) >= 11 is 0. The molecule has 1 nitrogen and oxygen atoms in total. The van der Waals surface area contributed by atoms with Crippen LogP contribution in [0.1, 0.15) is 20.8 Å². The molecule has 1 saturated heterocycles. The Balaban J connectivity index is 2.64. The average molecular weight is 164 g/mol. The highest BCUT2D eigenvalue weighted by molar-refractivity contribution is 4.90. The third-order valence-corrected chi connectivity index (χ3v) is 2.15. The van der Waals surface area contributed by atoms with Crippen molar-refractivity contribution in [1.82, 2.24) is 0 Å². The van der Waals surface area contributed by atoms with E-state index in [0.29, 0.717) is 0 Å². The van der Waals surface area contributed by atoms with Crippen molar-refractivity contribution in [2.24, 2.45) is 11.3 Å². The SMILES string of the molecule is CC(C)(C)C(F)(F)C1COC1. The normalized spacial score (nSPS) is 21.5. The van der Waals surface area contributed by atoms with E-state index in [9.17, 15) is 8.78 Å². The lowest BCUT2D eigenvalue weighted by Crippen LogP contribution is -2.50. The highest BCUT2D eigenvalue weighted by atomic mass is 19.3. The van der Waals surface area contributed by atoms with Gasteiger partial charge in [0, 0.05) is 5.41 Å². The van der Waals surface area contributed by atoms with Crippen molar-refractivity contribution >= 4 is 0 Å². The van der Waals surface area contributed by atoms with Crippen molar-refractivity contribution in [3.8, 4) is 0 Å². The van der Waals surface area contributed by atoms with Crippen molar-refractivity contribution < 1.29 is 13.5 Å². The number of alkyl halides is 2. The summed E-state index contributed by atoms with van der Waals surface area (Å²) < 4.78 is 31.3. The first-order valence-electron chi connectivity index (χ1n) is 3.81. The summed E-state index contributed by atoms with van der Waals surface area (Å²) in [6.45, 7) is 5.11. The maximum absolute atomic E-state index is 13.3. The topological polar surface area (TPSA) is 9.23 Å². The monoisotopic (exact) mass is 164 g/mol. The number of hydrogen-bond donors (Lipinski definition) is 0. The van der Waals surface area contributed by atoms with E-state index in [1.165, 1.54) is 0 Å². The van der Waals surface area contributed by atoms with Gasteiger partial charge >= 0.3 is 0 Å². The van der Waals surface area contributed by atoms with Gasteiger partial charge in [-0.05, 0) is 0 Å². The quantitative estimate of drug-likeness (QED) is 0.578. The highest BCUT2D eigenvalue weighted by Gasteiger charge is 2.52. The molecule has 0 aromatic rings. The molecule has 0 radical (unpaired) electrons. The number of rotatable bonds is 1. The van der Waals surface area contributed by atoms with Gasteiger partial charge in [-0.2, -0.15) is 0 Å². The first kappa shape index (κ1) is 8.91. The maximum atomic E-state index is 13.3. The maximum Gasteiger partial charge on any atom is 0.260 e. The second-order valence-electron chi connectivity index (χ2n) is 4.11. The minimum Gasteiger partial charge on any atom is -0.380 e. The molecular weight excluding hydrogens is 150 g/mol. The Bertz CT molecular complexity index is 145. The summed E-state index contributed by atoms with van der Waals surface area (Å²) in [6, 6.07) is 0. The van der Waals surface area contributed by atoms with Crippen LogP contribution in [0.4, 0.5) is 8.78 Å². The lowest BCUT2D eigenvalue weighted by Gasteiger charge is -2.40. The highest BCUT2D eigenvalue weighted by Crippen LogP contribution is 2.44. The molecule has 0 saturated carbocycles. The van der Waals surface area contributed by atoms with Gasteiger partial charge in [-0.3, -0.25) is 0 Å². The molecule has 11 heavy (non-hydrogen) atoms. The lowest BCUT2D eigenvalue weighted by molar-refractivity contribution is -0.217. The third-order valence-electron chi connectivity index (χ3n) is 2.15. The zero-order valence-corrected chi connectivity index (χ0v) is 7.16. The molecule has 3 heteroatoms. The van der Waals surface area contributed by atoms with E-state index < -0.39 is 17.3 Å². The fourth-order valence-corrected chi connectivity index (χ4v) is 1.06. The average Bonchev–Trinajstić information content (AvgIpc) is 1.53. The second kappa shape index (κ2) is 2.41. The van der Waals surface area contributed by atoms with Crippen molar-refractivity contribution in [3.63, 3.8) is 0 Å². The van der Waals surface area contributed by atoms with Crippen LogP contribution in [0.25, 0.3) is 0 Å².